The van der Waals surface area contributed by atoms with Gasteiger partial charge in [-0.3, -0.25) is 0 Å². The molecule has 0 saturated heterocycles. The van der Waals surface area contributed by atoms with Crippen LogP contribution in [0.1, 0.15) is 12.0 Å². The van der Waals surface area contributed by atoms with Crippen LogP contribution in [0.5, 0.6) is 0 Å². The Labute approximate surface area is 102 Å². The molecule has 61 valence electrons. The Morgan fingerprint density at radius 2 is 1.85 bits per heavy atom. The van der Waals surface area contributed by atoms with Crippen LogP contribution in [-0.2, 0) is 6.42 Å². The van der Waals surface area contributed by atoms with Crippen LogP contribution in [0.2, 0.25) is 0 Å². The van der Waals surface area contributed by atoms with E-state index in [9.17, 15) is 0 Å². The summed E-state index contributed by atoms with van der Waals surface area (Å²) >= 11 is 0. The Balaban J connectivity index is 0.000000845. The predicted molar refractivity (Wildman–Crippen MR) is 57.7 cm³/mol. The summed E-state index contributed by atoms with van der Waals surface area (Å²) in [6, 6.07) is 10.6. The molecule has 1 radical (unpaired) electrons. The monoisotopic (exact) mass is 179 g/mol. The molecule has 0 fully saturated rings. The molecule has 2 rings (SSSR count). The molecule has 0 nitrogen and oxygen atoms in total. The van der Waals surface area contributed by atoms with Gasteiger partial charge in [0.2, 0.25) is 0 Å². The van der Waals surface area contributed by atoms with E-state index >= 15 is 0 Å². The van der Waals surface area contributed by atoms with Gasteiger partial charge >= 0.3 is 0 Å². The van der Waals surface area contributed by atoms with Gasteiger partial charge in [-0.1, -0.05) is 54.1 Å². The molecule has 0 heterocycles. The molecular formula is C12H12Na. The molecule has 0 unspecified atom stereocenters. The molecule has 0 saturated carbocycles. The number of rotatable bonds is 2. The van der Waals surface area contributed by atoms with Crippen molar-refractivity contribution in [1.82, 2.24) is 0 Å². The number of benzene rings is 1. The summed E-state index contributed by atoms with van der Waals surface area (Å²) in [6.45, 7) is 0. The number of allylic oxidation sites excluding steroid dienone is 4. The van der Waals surface area contributed by atoms with Crippen molar-refractivity contribution in [2.45, 2.75) is 12.8 Å². The second-order valence-corrected chi connectivity index (χ2v) is 3.12. The maximum absolute atomic E-state index is 2.22. The first-order valence-electron chi connectivity index (χ1n) is 4.33. The minimum Gasteiger partial charge on any atom is -0.0804 e. The second-order valence-electron chi connectivity index (χ2n) is 3.12. The van der Waals surface area contributed by atoms with Crippen molar-refractivity contribution < 1.29 is 0 Å². The zero-order chi connectivity index (χ0) is 8.23. The van der Waals surface area contributed by atoms with Gasteiger partial charge in [-0.15, -0.1) is 0 Å². The van der Waals surface area contributed by atoms with Gasteiger partial charge in [0.25, 0.3) is 0 Å². The summed E-state index contributed by atoms with van der Waals surface area (Å²) in [7, 11) is 0. The van der Waals surface area contributed by atoms with Gasteiger partial charge in [0.05, 0.1) is 0 Å². The topological polar surface area (TPSA) is 0 Å². The molecule has 0 aliphatic heterocycles. The van der Waals surface area contributed by atoms with Crippen LogP contribution in [0.4, 0.5) is 0 Å². The number of hydrogen-bond donors (Lipinski definition) is 0. The standard InChI is InChI=1S/C12H12.Na/c1-2-6-11(7-3-1)10-12-8-4-5-9-12;/h1-8H,9-10H2;. The third-order valence-electron chi connectivity index (χ3n) is 2.12. The summed E-state index contributed by atoms with van der Waals surface area (Å²) < 4.78 is 0. The van der Waals surface area contributed by atoms with Crippen molar-refractivity contribution in [2.75, 3.05) is 0 Å². The minimum absolute atomic E-state index is 0. The van der Waals surface area contributed by atoms with Gasteiger partial charge < -0.3 is 0 Å². The third kappa shape index (κ3) is 3.15. The first kappa shape index (κ1) is 10.8. The third-order valence-corrected chi connectivity index (χ3v) is 2.12. The van der Waals surface area contributed by atoms with E-state index in [1.807, 2.05) is 0 Å². The van der Waals surface area contributed by atoms with Crippen LogP contribution < -0.4 is 0 Å². The first-order chi connectivity index (χ1) is 5.95. The quantitative estimate of drug-likeness (QED) is 0.612. The first-order valence-corrected chi connectivity index (χ1v) is 4.33. The summed E-state index contributed by atoms with van der Waals surface area (Å²) in [5.74, 6) is 0. The van der Waals surface area contributed by atoms with Crippen LogP contribution >= 0.6 is 0 Å². The van der Waals surface area contributed by atoms with Gasteiger partial charge in [-0.25, -0.2) is 0 Å². The molecule has 0 amide bonds. The molecule has 1 aromatic rings. The molecule has 1 aliphatic rings. The average molecular weight is 179 g/mol. The summed E-state index contributed by atoms with van der Waals surface area (Å²) in [5, 5.41) is 0. The summed E-state index contributed by atoms with van der Waals surface area (Å²) in [4.78, 5) is 0. The van der Waals surface area contributed by atoms with Crippen LogP contribution in [0.15, 0.2) is 54.1 Å². The molecule has 0 spiro atoms. The van der Waals surface area contributed by atoms with E-state index in [-0.39, 0.29) is 29.6 Å². The van der Waals surface area contributed by atoms with E-state index in [2.05, 4.69) is 48.6 Å². The van der Waals surface area contributed by atoms with Crippen LogP contribution in [0.25, 0.3) is 0 Å². The Hall–Kier alpha value is -0.300. The summed E-state index contributed by atoms with van der Waals surface area (Å²) in [5.41, 5.74) is 2.92. The molecular weight excluding hydrogens is 167 g/mol. The van der Waals surface area contributed by atoms with E-state index in [0.29, 0.717) is 0 Å². The van der Waals surface area contributed by atoms with Crippen molar-refractivity contribution in [3.63, 3.8) is 0 Å². The molecule has 1 aromatic carbocycles. The van der Waals surface area contributed by atoms with Crippen molar-refractivity contribution >= 4 is 29.6 Å². The minimum atomic E-state index is 0. The molecule has 0 bridgehead atoms. The van der Waals surface area contributed by atoms with E-state index in [1.54, 1.807) is 0 Å². The van der Waals surface area contributed by atoms with Crippen molar-refractivity contribution in [3.8, 4) is 0 Å². The zero-order valence-corrected chi connectivity index (χ0v) is 10.0. The Bertz CT molecular complexity index is 309. The fourth-order valence-electron chi connectivity index (χ4n) is 1.48. The van der Waals surface area contributed by atoms with E-state index < -0.39 is 0 Å². The van der Waals surface area contributed by atoms with Crippen LogP contribution in [0, 0.1) is 0 Å². The van der Waals surface area contributed by atoms with Gasteiger partial charge in [-0.2, -0.15) is 0 Å². The molecule has 13 heavy (non-hydrogen) atoms. The average Bonchev–Trinajstić information content (AvgIpc) is 2.59. The van der Waals surface area contributed by atoms with Gasteiger partial charge in [-0.05, 0) is 18.4 Å². The Kier molecular flexibility index (Phi) is 4.51. The van der Waals surface area contributed by atoms with Crippen molar-refractivity contribution in [2.24, 2.45) is 0 Å². The smallest absolute Gasteiger partial charge is 0 e. The molecule has 1 aliphatic carbocycles. The maximum atomic E-state index is 2.22. The zero-order valence-electron chi connectivity index (χ0n) is 8.03. The van der Waals surface area contributed by atoms with Crippen LogP contribution in [0.3, 0.4) is 0 Å². The largest absolute Gasteiger partial charge is 0.0804 e. The van der Waals surface area contributed by atoms with Crippen LogP contribution in [-0.4, -0.2) is 29.6 Å². The van der Waals surface area contributed by atoms with Gasteiger partial charge in [0.15, 0.2) is 0 Å². The Morgan fingerprint density at radius 1 is 1.08 bits per heavy atom. The van der Waals surface area contributed by atoms with Gasteiger partial charge in [0, 0.05) is 29.6 Å². The fourth-order valence-corrected chi connectivity index (χ4v) is 1.48. The molecule has 0 atom stereocenters. The Morgan fingerprint density at radius 3 is 2.46 bits per heavy atom. The number of hydrogen-bond acceptors (Lipinski definition) is 0. The SMILES string of the molecule is C1=CCC(Cc2ccccc2)=C1.[Na]. The fraction of sp³-hybridized carbons (Fsp3) is 0.167. The van der Waals surface area contributed by atoms with E-state index in [0.717, 1.165) is 12.8 Å². The van der Waals surface area contributed by atoms with E-state index in [1.165, 1.54) is 11.1 Å². The van der Waals surface area contributed by atoms with Gasteiger partial charge in [0.1, 0.15) is 0 Å². The predicted octanol–water partition coefficient (Wildman–Crippen LogP) is 2.73. The molecule has 0 N–H and O–H groups in total. The molecule has 0 aromatic heterocycles. The van der Waals surface area contributed by atoms with E-state index in [4.69, 9.17) is 0 Å². The second kappa shape index (κ2) is 5.43. The maximum Gasteiger partial charge on any atom is 0 e. The van der Waals surface area contributed by atoms with Crippen molar-refractivity contribution in [3.05, 3.63) is 59.7 Å². The van der Waals surface area contributed by atoms with Crippen molar-refractivity contribution in [1.29, 1.82) is 0 Å². The molecule has 1 heteroatoms. The summed E-state index contributed by atoms with van der Waals surface area (Å²) in [6.07, 6.45) is 8.80. The normalized spacial score (nSPS) is 13.7.